The number of hydrogen-bond acceptors (Lipinski definition) is 3. The van der Waals surface area contributed by atoms with Gasteiger partial charge in [-0.1, -0.05) is 19.9 Å². The second kappa shape index (κ2) is 7.26. The molecule has 1 heterocycles. The number of anilines is 2. The number of carbonyl (C=O) groups excluding carboxylic acids is 3. The maximum absolute atomic E-state index is 11.9. The molecule has 0 bridgehead atoms. The number of amides is 3. The van der Waals surface area contributed by atoms with Crippen LogP contribution in [0.15, 0.2) is 18.2 Å². The summed E-state index contributed by atoms with van der Waals surface area (Å²) >= 11 is 0. The van der Waals surface area contributed by atoms with Gasteiger partial charge in [-0.25, -0.2) is 0 Å². The first-order valence-electron chi connectivity index (χ1n) is 7.88. The molecular formula is C17H23N3O3. The molecule has 2 N–H and O–H groups in total. The highest BCUT2D eigenvalue weighted by molar-refractivity contribution is 6.39. The summed E-state index contributed by atoms with van der Waals surface area (Å²) in [6.45, 7) is 6.57. The van der Waals surface area contributed by atoms with Gasteiger partial charge in [0.25, 0.3) is 0 Å². The maximum atomic E-state index is 11.9. The Balaban J connectivity index is 2.09. The van der Waals surface area contributed by atoms with Crippen molar-refractivity contribution in [2.75, 3.05) is 23.3 Å². The summed E-state index contributed by atoms with van der Waals surface area (Å²) in [7, 11) is 0. The van der Waals surface area contributed by atoms with Crippen LogP contribution >= 0.6 is 0 Å². The fourth-order valence-electron chi connectivity index (χ4n) is 2.54. The summed E-state index contributed by atoms with van der Waals surface area (Å²) in [6.07, 6.45) is 1.83. The summed E-state index contributed by atoms with van der Waals surface area (Å²) < 4.78 is 0. The van der Waals surface area contributed by atoms with Crippen molar-refractivity contribution >= 4 is 29.1 Å². The van der Waals surface area contributed by atoms with Crippen LogP contribution in [-0.2, 0) is 20.8 Å². The van der Waals surface area contributed by atoms with Crippen LogP contribution in [0.2, 0.25) is 0 Å². The van der Waals surface area contributed by atoms with Crippen LogP contribution in [0.1, 0.15) is 32.8 Å². The molecule has 1 aliphatic heterocycles. The zero-order chi connectivity index (χ0) is 17.0. The number of nitrogens with one attached hydrogen (secondary N) is 2. The zero-order valence-electron chi connectivity index (χ0n) is 13.8. The summed E-state index contributed by atoms with van der Waals surface area (Å²) in [5, 5.41) is 5.16. The molecule has 2 rings (SSSR count). The Labute approximate surface area is 136 Å². The molecule has 3 amide bonds. The van der Waals surface area contributed by atoms with Crippen LogP contribution in [0.5, 0.6) is 0 Å². The Bertz CT molecular complexity index is 626. The molecule has 0 radical (unpaired) electrons. The Morgan fingerprint density at radius 2 is 1.96 bits per heavy atom. The third kappa shape index (κ3) is 4.31. The molecule has 1 aromatic carbocycles. The van der Waals surface area contributed by atoms with E-state index in [0.717, 1.165) is 24.1 Å². The van der Waals surface area contributed by atoms with E-state index >= 15 is 0 Å². The number of aryl methyl sites for hydroxylation is 1. The van der Waals surface area contributed by atoms with Crippen molar-refractivity contribution in [3.8, 4) is 0 Å². The number of carbonyl (C=O) groups is 3. The lowest BCUT2D eigenvalue weighted by molar-refractivity contribution is -0.136. The Hall–Kier alpha value is -2.37. The summed E-state index contributed by atoms with van der Waals surface area (Å²) in [6, 6.07) is 5.41. The monoisotopic (exact) mass is 317 g/mol. The molecule has 0 saturated heterocycles. The van der Waals surface area contributed by atoms with E-state index in [1.165, 1.54) is 6.92 Å². The van der Waals surface area contributed by atoms with Crippen molar-refractivity contribution in [1.29, 1.82) is 0 Å². The van der Waals surface area contributed by atoms with Crippen molar-refractivity contribution < 1.29 is 14.4 Å². The lowest BCUT2D eigenvalue weighted by Gasteiger charge is -2.29. The van der Waals surface area contributed by atoms with Gasteiger partial charge in [0.05, 0.1) is 0 Å². The molecule has 0 aromatic heterocycles. The number of rotatable bonds is 3. The first-order chi connectivity index (χ1) is 10.9. The molecule has 6 heteroatoms. The van der Waals surface area contributed by atoms with Crippen LogP contribution < -0.4 is 15.5 Å². The number of fused-ring (bicyclic) bond motifs is 1. The SMILES string of the molecule is CC(=O)N1CCCc2ccc(NC(=O)C(=O)NCC(C)C)cc21. The quantitative estimate of drug-likeness (QED) is 0.833. The average Bonchev–Trinajstić information content (AvgIpc) is 2.51. The third-order valence-electron chi connectivity index (χ3n) is 3.72. The molecular weight excluding hydrogens is 294 g/mol. The van der Waals surface area contributed by atoms with Gasteiger partial charge in [0.2, 0.25) is 5.91 Å². The van der Waals surface area contributed by atoms with Crippen LogP contribution in [0.25, 0.3) is 0 Å². The van der Waals surface area contributed by atoms with Crippen LogP contribution in [0, 0.1) is 5.92 Å². The zero-order valence-corrected chi connectivity index (χ0v) is 13.8. The normalized spacial score (nSPS) is 13.5. The minimum atomic E-state index is -0.698. The van der Waals surface area contributed by atoms with E-state index in [2.05, 4.69) is 10.6 Å². The molecule has 0 fully saturated rings. The average molecular weight is 317 g/mol. The number of hydrogen-bond donors (Lipinski definition) is 2. The summed E-state index contributed by atoms with van der Waals surface area (Å²) in [5.74, 6) is -1.10. The van der Waals surface area contributed by atoms with Gasteiger partial charge in [0, 0.05) is 31.4 Å². The second-order valence-electron chi connectivity index (χ2n) is 6.18. The first-order valence-corrected chi connectivity index (χ1v) is 7.88. The molecule has 23 heavy (non-hydrogen) atoms. The molecule has 124 valence electrons. The Morgan fingerprint density at radius 3 is 2.61 bits per heavy atom. The number of nitrogens with zero attached hydrogens (tertiary/aromatic N) is 1. The molecule has 6 nitrogen and oxygen atoms in total. The Morgan fingerprint density at radius 1 is 1.22 bits per heavy atom. The predicted octanol–water partition coefficient (Wildman–Crippen LogP) is 1.70. The van der Waals surface area contributed by atoms with E-state index in [1.54, 1.807) is 17.0 Å². The van der Waals surface area contributed by atoms with E-state index in [9.17, 15) is 14.4 Å². The van der Waals surface area contributed by atoms with Gasteiger partial charge < -0.3 is 15.5 Å². The highest BCUT2D eigenvalue weighted by Gasteiger charge is 2.21. The highest BCUT2D eigenvalue weighted by atomic mass is 16.2. The molecule has 1 aromatic rings. The van der Waals surface area contributed by atoms with Crippen molar-refractivity contribution in [2.45, 2.75) is 33.6 Å². The lowest BCUT2D eigenvalue weighted by Crippen LogP contribution is -2.37. The fraction of sp³-hybridized carbons (Fsp3) is 0.471. The van der Waals surface area contributed by atoms with E-state index in [4.69, 9.17) is 0 Å². The standard InChI is InChI=1S/C17H23N3O3/c1-11(2)10-18-16(22)17(23)19-14-7-6-13-5-4-8-20(12(3)21)15(13)9-14/h6-7,9,11H,4-5,8,10H2,1-3H3,(H,18,22)(H,19,23). The minimum Gasteiger partial charge on any atom is -0.348 e. The van der Waals surface area contributed by atoms with Gasteiger partial charge in [-0.2, -0.15) is 0 Å². The highest BCUT2D eigenvalue weighted by Crippen LogP contribution is 2.30. The van der Waals surface area contributed by atoms with Crippen LogP contribution in [0.4, 0.5) is 11.4 Å². The lowest BCUT2D eigenvalue weighted by atomic mass is 10.0. The Kier molecular flexibility index (Phi) is 5.36. The smallest absolute Gasteiger partial charge is 0.313 e. The van der Waals surface area contributed by atoms with Gasteiger partial charge in [0.1, 0.15) is 0 Å². The van der Waals surface area contributed by atoms with Crippen LogP contribution in [0.3, 0.4) is 0 Å². The van der Waals surface area contributed by atoms with Crippen molar-refractivity contribution in [2.24, 2.45) is 5.92 Å². The molecule has 0 aliphatic carbocycles. The van der Waals surface area contributed by atoms with E-state index < -0.39 is 11.8 Å². The van der Waals surface area contributed by atoms with Crippen LogP contribution in [-0.4, -0.2) is 30.8 Å². The molecule has 0 saturated carbocycles. The van der Waals surface area contributed by atoms with Gasteiger partial charge in [0.15, 0.2) is 0 Å². The van der Waals surface area contributed by atoms with E-state index in [0.29, 0.717) is 18.8 Å². The van der Waals surface area contributed by atoms with Gasteiger partial charge in [-0.3, -0.25) is 14.4 Å². The summed E-state index contributed by atoms with van der Waals surface area (Å²) in [5.41, 5.74) is 2.40. The molecule has 1 aliphatic rings. The molecule has 0 spiro atoms. The first kappa shape index (κ1) is 17.0. The third-order valence-corrected chi connectivity index (χ3v) is 3.72. The van der Waals surface area contributed by atoms with Gasteiger partial charge >= 0.3 is 11.8 Å². The topological polar surface area (TPSA) is 78.5 Å². The van der Waals surface area contributed by atoms with Gasteiger partial charge in [-0.15, -0.1) is 0 Å². The van der Waals surface area contributed by atoms with Crippen molar-refractivity contribution in [3.05, 3.63) is 23.8 Å². The molecule has 0 atom stereocenters. The summed E-state index contributed by atoms with van der Waals surface area (Å²) in [4.78, 5) is 37.1. The predicted molar refractivity (Wildman–Crippen MR) is 89.3 cm³/mol. The van der Waals surface area contributed by atoms with Crippen molar-refractivity contribution in [1.82, 2.24) is 5.32 Å². The van der Waals surface area contributed by atoms with Gasteiger partial charge in [-0.05, 0) is 36.5 Å². The van der Waals surface area contributed by atoms with E-state index in [1.807, 2.05) is 19.9 Å². The van der Waals surface area contributed by atoms with E-state index in [-0.39, 0.29) is 11.8 Å². The van der Waals surface area contributed by atoms with Crippen molar-refractivity contribution in [3.63, 3.8) is 0 Å². The fourth-order valence-corrected chi connectivity index (χ4v) is 2.54. The second-order valence-corrected chi connectivity index (χ2v) is 6.18. The maximum Gasteiger partial charge on any atom is 0.313 e. The number of benzene rings is 1. The minimum absolute atomic E-state index is 0.0240. The molecule has 0 unspecified atom stereocenters. The largest absolute Gasteiger partial charge is 0.348 e.